The average molecular weight is 278 g/mol. The largest absolute Gasteiger partial charge is 0.300 e. The minimum absolute atomic E-state index is 0.0708. The van der Waals surface area contributed by atoms with Crippen molar-refractivity contribution in [2.75, 3.05) is 0 Å². The van der Waals surface area contributed by atoms with E-state index in [1.165, 1.54) is 16.7 Å². The van der Waals surface area contributed by atoms with Crippen LogP contribution in [0.2, 0.25) is 0 Å². The van der Waals surface area contributed by atoms with Crippen molar-refractivity contribution in [1.29, 1.82) is 0 Å². The van der Waals surface area contributed by atoms with Crippen LogP contribution in [-0.2, 0) is 10.2 Å². The van der Waals surface area contributed by atoms with Gasteiger partial charge in [-0.1, -0.05) is 68.4 Å². The van der Waals surface area contributed by atoms with Crippen molar-refractivity contribution >= 4 is 5.78 Å². The third-order valence-corrected chi connectivity index (χ3v) is 5.00. The fourth-order valence-electron chi connectivity index (χ4n) is 3.39. The second kappa shape index (κ2) is 5.48. The summed E-state index contributed by atoms with van der Waals surface area (Å²) in [6.45, 7) is 4.54. The SMILES string of the molecule is CC(C)(c1ccc(-c2ccccc2)cc1)[C@@H]1CCC(=O)C1. The van der Waals surface area contributed by atoms with Gasteiger partial charge in [-0.05, 0) is 34.4 Å². The van der Waals surface area contributed by atoms with Crippen LogP contribution in [-0.4, -0.2) is 5.78 Å². The molecule has 2 aromatic carbocycles. The summed E-state index contributed by atoms with van der Waals surface area (Å²) >= 11 is 0. The molecular weight excluding hydrogens is 256 g/mol. The summed E-state index contributed by atoms with van der Waals surface area (Å²) in [5.74, 6) is 0.904. The summed E-state index contributed by atoms with van der Waals surface area (Å²) in [5.41, 5.74) is 3.90. The molecular formula is C20H22O. The van der Waals surface area contributed by atoms with Crippen LogP contribution in [0.4, 0.5) is 0 Å². The molecule has 1 atom stereocenters. The summed E-state index contributed by atoms with van der Waals surface area (Å²) in [7, 11) is 0. The highest BCUT2D eigenvalue weighted by atomic mass is 16.1. The van der Waals surface area contributed by atoms with Gasteiger partial charge in [0.15, 0.2) is 0 Å². The summed E-state index contributed by atoms with van der Waals surface area (Å²) in [5, 5.41) is 0. The van der Waals surface area contributed by atoms with Gasteiger partial charge < -0.3 is 0 Å². The maximum atomic E-state index is 11.6. The molecule has 3 rings (SSSR count). The van der Waals surface area contributed by atoms with E-state index >= 15 is 0 Å². The fourth-order valence-corrected chi connectivity index (χ4v) is 3.39. The lowest BCUT2D eigenvalue weighted by Gasteiger charge is -2.32. The standard InChI is InChI=1S/C20H22O/c1-20(2,18-12-13-19(21)14-18)17-10-8-16(9-11-17)15-6-4-3-5-7-15/h3-11,18H,12-14H2,1-2H3/t18-/m1/s1. The number of carbonyl (C=O) groups is 1. The van der Waals surface area contributed by atoms with Crippen molar-refractivity contribution in [3.05, 3.63) is 60.2 Å². The first-order chi connectivity index (χ1) is 10.1. The average Bonchev–Trinajstić information content (AvgIpc) is 2.96. The Morgan fingerprint density at radius 2 is 1.52 bits per heavy atom. The Morgan fingerprint density at radius 1 is 0.905 bits per heavy atom. The minimum Gasteiger partial charge on any atom is -0.300 e. The number of hydrogen-bond acceptors (Lipinski definition) is 1. The maximum absolute atomic E-state index is 11.6. The van der Waals surface area contributed by atoms with E-state index in [4.69, 9.17) is 0 Å². The molecule has 0 amide bonds. The molecule has 0 N–H and O–H groups in total. The van der Waals surface area contributed by atoms with Crippen molar-refractivity contribution in [3.8, 4) is 11.1 Å². The summed E-state index contributed by atoms with van der Waals surface area (Å²) < 4.78 is 0. The van der Waals surface area contributed by atoms with E-state index in [0.29, 0.717) is 11.7 Å². The molecule has 1 fully saturated rings. The molecule has 0 heterocycles. The van der Waals surface area contributed by atoms with E-state index in [1.54, 1.807) is 0 Å². The normalized spacial score (nSPS) is 19.0. The quantitative estimate of drug-likeness (QED) is 0.772. The molecule has 1 aliphatic carbocycles. The van der Waals surface area contributed by atoms with Crippen molar-refractivity contribution in [2.24, 2.45) is 5.92 Å². The van der Waals surface area contributed by atoms with Crippen LogP contribution in [0.1, 0.15) is 38.7 Å². The first kappa shape index (κ1) is 14.1. The Morgan fingerprint density at radius 3 is 2.10 bits per heavy atom. The number of benzene rings is 2. The number of rotatable bonds is 3. The molecule has 1 nitrogen and oxygen atoms in total. The monoisotopic (exact) mass is 278 g/mol. The number of hydrogen-bond donors (Lipinski definition) is 0. The van der Waals surface area contributed by atoms with Crippen molar-refractivity contribution < 1.29 is 4.79 Å². The van der Waals surface area contributed by atoms with Gasteiger partial charge in [0, 0.05) is 12.8 Å². The maximum Gasteiger partial charge on any atom is 0.133 e. The Labute approximate surface area is 127 Å². The van der Waals surface area contributed by atoms with Gasteiger partial charge in [0.2, 0.25) is 0 Å². The lowest BCUT2D eigenvalue weighted by atomic mass is 9.72. The van der Waals surface area contributed by atoms with Gasteiger partial charge in [0.1, 0.15) is 5.78 Å². The van der Waals surface area contributed by atoms with Gasteiger partial charge in [-0.3, -0.25) is 4.79 Å². The summed E-state index contributed by atoms with van der Waals surface area (Å²) in [4.78, 5) is 11.6. The Kier molecular flexibility index (Phi) is 3.67. The summed E-state index contributed by atoms with van der Waals surface area (Å²) in [6, 6.07) is 19.3. The van der Waals surface area contributed by atoms with Crippen molar-refractivity contribution in [3.63, 3.8) is 0 Å². The van der Waals surface area contributed by atoms with Crippen molar-refractivity contribution in [1.82, 2.24) is 0 Å². The molecule has 2 aromatic rings. The molecule has 1 heteroatoms. The Bertz CT molecular complexity index is 623. The van der Waals surface area contributed by atoms with Crippen LogP contribution in [0, 0.1) is 5.92 Å². The highest BCUT2D eigenvalue weighted by Gasteiger charge is 2.36. The van der Waals surface area contributed by atoms with E-state index in [-0.39, 0.29) is 5.41 Å². The number of carbonyl (C=O) groups excluding carboxylic acids is 1. The molecule has 0 unspecified atom stereocenters. The van der Waals surface area contributed by atoms with Gasteiger partial charge in [-0.25, -0.2) is 0 Å². The van der Waals surface area contributed by atoms with Gasteiger partial charge >= 0.3 is 0 Å². The van der Waals surface area contributed by atoms with Crippen LogP contribution >= 0.6 is 0 Å². The van der Waals surface area contributed by atoms with E-state index in [9.17, 15) is 4.79 Å². The van der Waals surface area contributed by atoms with E-state index in [1.807, 2.05) is 6.07 Å². The molecule has 0 saturated heterocycles. The molecule has 1 aliphatic rings. The molecule has 108 valence electrons. The third-order valence-electron chi connectivity index (χ3n) is 5.00. The predicted molar refractivity (Wildman–Crippen MR) is 87.3 cm³/mol. The Balaban J connectivity index is 1.85. The molecule has 21 heavy (non-hydrogen) atoms. The minimum atomic E-state index is 0.0708. The number of ketones is 1. The van der Waals surface area contributed by atoms with Crippen LogP contribution < -0.4 is 0 Å². The smallest absolute Gasteiger partial charge is 0.133 e. The first-order valence-electron chi connectivity index (χ1n) is 7.75. The molecule has 0 spiro atoms. The zero-order chi connectivity index (χ0) is 14.9. The van der Waals surface area contributed by atoms with Crippen LogP contribution in [0.3, 0.4) is 0 Å². The van der Waals surface area contributed by atoms with E-state index < -0.39 is 0 Å². The molecule has 0 aliphatic heterocycles. The zero-order valence-corrected chi connectivity index (χ0v) is 12.8. The van der Waals surface area contributed by atoms with Crippen LogP contribution in [0.15, 0.2) is 54.6 Å². The second-order valence-corrected chi connectivity index (χ2v) is 6.64. The lowest BCUT2D eigenvalue weighted by molar-refractivity contribution is -0.117. The first-order valence-corrected chi connectivity index (χ1v) is 7.75. The highest BCUT2D eigenvalue weighted by Crippen LogP contribution is 2.41. The molecule has 0 bridgehead atoms. The van der Waals surface area contributed by atoms with Crippen LogP contribution in [0.25, 0.3) is 11.1 Å². The van der Waals surface area contributed by atoms with Crippen molar-refractivity contribution in [2.45, 2.75) is 38.5 Å². The van der Waals surface area contributed by atoms with E-state index in [2.05, 4.69) is 62.4 Å². The molecule has 0 aromatic heterocycles. The predicted octanol–water partition coefficient (Wildman–Crippen LogP) is 5.00. The lowest BCUT2D eigenvalue weighted by Crippen LogP contribution is -2.27. The van der Waals surface area contributed by atoms with Crippen LogP contribution in [0.5, 0.6) is 0 Å². The van der Waals surface area contributed by atoms with E-state index in [0.717, 1.165) is 19.3 Å². The topological polar surface area (TPSA) is 17.1 Å². The highest BCUT2D eigenvalue weighted by molar-refractivity contribution is 5.81. The summed E-state index contributed by atoms with van der Waals surface area (Å²) in [6.07, 6.45) is 2.54. The third kappa shape index (κ3) is 2.78. The fraction of sp³-hybridized carbons (Fsp3) is 0.350. The second-order valence-electron chi connectivity index (χ2n) is 6.64. The molecule has 0 radical (unpaired) electrons. The number of Topliss-reactive ketones (excluding diaryl/α,β-unsaturated/α-hetero) is 1. The Hall–Kier alpha value is -1.89. The van der Waals surface area contributed by atoms with Gasteiger partial charge in [-0.2, -0.15) is 0 Å². The van der Waals surface area contributed by atoms with Gasteiger partial charge in [-0.15, -0.1) is 0 Å². The zero-order valence-electron chi connectivity index (χ0n) is 12.8. The van der Waals surface area contributed by atoms with Gasteiger partial charge in [0.05, 0.1) is 0 Å². The van der Waals surface area contributed by atoms with Gasteiger partial charge in [0.25, 0.3) is 0 Å². The molecule has 1 saturated carbocycles.